The van der Waals surface area contributed by atoms with Crippen LogP contribution in [0.5, 0.6) is 0 Å². The SMILES string of the molecule is CCC(C)[C@H](NC(=O)CCc1ccccc1)C(=O)N[C@H](C(=O)N[C@@H](CC(=O)N1CCCC1)C(=O)N[C@@H](CC(=O)O)C(=O)N[C@@H](CC(C)C)C(=O)O)C(C)C. The molecule has 1 aliphatic rings. The van der Waals surface area contributed by atoms with Crippen LogP contribution >= 0.6 is 0 Å². The summed E-state index contributed by atoms with van der Waals surface area (Å²) in [5, 5.41) is 31.7. The molecule has 1 unspecified atom stereocenters. The van der Waals surface area contributed by atoms with Crippen LogP contribution in [0.3, 0.4) is 0 Å². The molecule has 1 fully saturated rings. The third kappa shape index (κ3) is 15.1. The summed E-state index contributed by atoms with van der Waals surface area (Å²) in [5.41, 5.74) is 0.959. The van der Waals surface area contributed by atoms with E-state index in [1.165, 1.54) is 4.90 Å². The molecule has 0 bridgehead atoms. The van der Waals surface area contributed by atoms with Crippen LogP contribution < -0.4 is 26.6 Å². The van der Waals surface area contributed by atoms with Gasteiger partial charge in [0.1, 0.15) is 30.2 Å². The molecule has 0 spiro atoms. The zero-order valence-corrected chi connectivity index (χ0v) is 32.2. The third-order valence-electron chi connectivity index (χ3n) is 9.35. The van der Waals surface area contributed by atoms with Gasteiger partial charge in [-0.3, -0.25) is 33.6 Å². The molecule has 6 amide bonds. The van der Waals surface area contributed by atoms with Crippen molar-refractivity contribution in [2.75, 3.05) is 13.1 Å². The van der Waals surface area contributed by atoms with Crippen molar-refractivity contribution in [2.24, 2.45) is 17.8 Å². The van der Waals surface area contributed by atoms with Crippen molar-refractivity contribution in [3.63, 3.8) is 0 Å². The fourth-order valence-corrected chi connectivity index (χ4v) is 5.99. The lowest BCUT2D eigenvalue weighted by atomic mass is 9.96. The predicted molar refractivity (Wildman–Crippen MR) is 198 cm³/mol. The minimum Gasteiger partial charge on any atom is -0.481 e. The Morgan fingerprint density at radius 3 is 1.74 bits per heavy atom. The first-order chi connectivity index (χ1) is 25.4. The molecule has 16 heteroatoms. The molecule has 1 aliphatic heterocycles. The van der Waals surface area contributed by atoms with Gasteiger partial charge in [-0.2, -0.15) is 0 Å². The van der Waals surface area contributed by atoms with Gasteiger partial charge >= 0.3 is 11.9 Å². The molecule has 2 rings (SSSR count). The number of aliphatic carboxylic acids is 2. The summed E-state index contributed by atoms with van der Waals surface area (Å²) in [5.74, 6) is -8.16. The van der Waals surface area contributed by atoms with E-state index in [2.05, 4.69) is 26.6 Å². The molecule has 1 heterocycles. The van der Waals surface area contributed by atoms with Crippen molar-refractivity contribution >= 4 is 47.4 Å². The van der Waals surface area contributed by atoms with E-state index in [1.54, 1.807) is 34.6 Å². The van der Waals surface area contributed by atoms with E-state index in [4.69, 9.17) is 0 Å². The zero-order chi connectivity index (χ0) is 40.5. The summed E-state index contributed by atoms with van der Waals surface area (Å²) in [7, 11) is 0. The fourth-order valence-electron chi connectivity index (χ4n) is 5.99. The molecule has 7 N–H and O–H groups in total. The van der Waals surface area contributed by atoms with Crippen LogP contribution in [0.4, 0.5) is 0 Å². The Hall–Kier alpha value is -5.02. The number of likely N-dealkylation sites (tertiary alicyclic amines) is 1. The van der Waals surface area contributed by atoms with Crippen molar-refractivity contribution in [1.29, 1.82) is 0 Å². The predicted octanol–water partition coefficient (Wildman–Crippen LogP) is 1.36. The van der Waals surface area contributed by atoms with Crippen LogP contribution in [-0.4, -0.2) is 106 Å². The van der Waals surface area contributed by atoms with Gasteiger partial charge in [-0.05, 0) is 49.0 Å². The number of carbonyl (C=O) groups is 8. The van der Waals surface area contributed by atoms with Crippen molar-refractivity contribution in [2.45, 2.75) is 123 Å². The molecule has 1 aromatic rings. The fraction of sp³-hybridized carbons (Fsp3) is 0.632. The molecule has 6 atom stereocenters. The Kier molecular flexibility index (Phi) is 18.6. The molecule has 0 aromatic heterocycles. The first-order valence-electron chi connectivity index (χ1n) is 18.7. The maximum absolute atomic E-state index is 13.8. The minimum absolute atomic E-state index is 0.0371. The van der Waals surface area contributed by atoms with Crippen LogP contribution in [0.15, 0.2) is 30.3 Å². The monoisotopic (exact) mass is 758 g/mol. The van der Waals surface area contributed by atoms with Gasteiger partial charge in [-0.15, -0.1) is 0 Å². The molecule has 0 saturated carbocycles. The largest absolute Gasteiger partial charge is 0.481 e. The Morgan fingerprint density at radius 1 is 0.685 bits per heavy atom. The summed E-state index contributed by atoms with van der Waals surface area (Å²) in [4.78, 5) is 106. The van der Waals surface area contributed by atoms with Gasteiger partial charge in [-0.25, -0.2) is 4.79 Å². The van der Waals surface area contributed by atoms with Crippen molar-refractivity contribution in [3.8, 4) is 0 Å². The van der Waals surface area contributed by atoms with Crippen molar-refractivity contribution in [1.82, 2.24) is 31.5 Å². The zero-order valence-electron chi connectivity index (χ0n) is 32.2. The average Bonchev–Trinajstić information content (AvgIpc) is 3.66. The van der Waals surface area contributed by atoms with Gasteiger partial charge in [0.25, 0.3) is 0 Å². The highest BCUT2D eigenvalue weighted by Crippen LogP contribution is 2.14. The number of nitrogens with one attached hydrogen (secondary N) is 5. The van der Waals surface area contributed by atoms with Crippen molar-refractivity contribution < 1.29 is 48.6 Å². The van der Waals surface area contributed by atoms with Gasteiger partial charge in [0, 0.05) is 19.5 Å². The Balaban J connectivity index is 2.29. The van der Waals surface area contributed by atoms with Crippen LogP contribution in [0.25, 0.3) is 0 Å². The van der Waals surface area contributed by atoms with Gasteiger partial charge in [0.05, 0.1) is 12.8 Å². The summed E-state index contributed by atoms with van der Waals surface area (Å²) >= 11 is 0. The highest BCUT2D eigenvalue weighted by atomic mass is 16.4. The van der Waals surface area contributed by atoms with E-state index in [0.717, 1.165) is 18.4 Å². The maximum atomic E-state index is 13.8. The number of benzene rings is 1. The lowest BCUT2D eigenvalue weighted by molar-refractivity contribution is -0.144. The average molecular weight is 759 g/mol. The first kappa shape index (κ1) is 45.1. The van der Waals surface area contributed by atoms with Crippen LogP contribution in [0.2, 0.25) is 0 Å². The quantitative estimate of drug-likeness (QED) is 0.0896. The van der Waals surface area contributed by atoms with Crippen LogP contribution in [-0.2, 0) is 44.8 Å². The maximum Gasteiger partial charge on any atom is 0.326 e. The van der Waals surface area contributed by atoms with Gasteiger partial charge in [-0.1, -0.05) is 78.3 Å². The van der Waals surface area contributed by atoms with Crippen LogP contribution in [0.1, 0.15) is 92.1 Å². The summed E-state index contributed by atoms with van der Waals surface area (Å²) < 4.78 is 0. The number of carbonyl (C=O) groups excluding carboxylic acids is 6. The topological polar surface area (TPSA) is 240 Å². The van der Waals surface area contributed by atoms with Gasteiger partial charge < -0.3 is 41.7 Å². The second-order valence-corrected chi connectivity index (χ2v) is 14.7. The molecule has 0 radical (unpaired) electrons. The Bertz CT molecular complexity index is 1460. The van der Waals surface area contributed by atoms with Gasteiger partial charge in [0.2, 0.25) is 35.4 Å². The van der Waals surface area contributed by atoms with E-state index in [-0.39, 0.29) is 30.6 Å². The van der Waals surface area contributed by atoms with E-state index < -0.39 is 90.4 Å². The number of carboxylic acids is 2. The second-order valence-electron chi connectivity index (χ2n) is 14.7. The first-order valence-corrected chi connectivity index (χ1v) is 18.7. The highest BCUT2D eigenvalue weighted by Gasteiger charge is 2.36. The number of hydrogen-bond donors (Lipinski definition) is 7. The van der Waals surface area contributed by atoms with Gasteiger partial charge in [0.15, 0.2) is 0 Å². The molecular formula is C38H58N6O10. The third-order valence-corrected chi connectivity index (χ3v) is 9.35. The second kappa shape index (κ2) is 22.3. The number of nitrogens with zero attached hydrogens (tertiary/aromatic N) is 1. The lowest BCUT2D eigenvalue weighted by Gasteiger charge is -2.30. The summed E-state index contributed by atoms with van der Waals surface area (Å²) in [6, 6.07) is 2.49. The number of hydrogen-bond acceptors (Lipinski definition) is 8. The number of aryl methyl sites for hydroxylation is 1. The smallest absolute Gasteiger partial charge is 0.326 e. The Morgan fingerprint density at radius 2 is 1.22 bits per heavy atom. The van der Waals surface area contributed by atoms with E-state index in [0.29, 0.717) is 25.9 Å². The summed E-state index contributed by atoms with van der Waals surface area (Å²) in [6.45, 7) is 11.3. The normalized spacial score (nSPS) is 16.0. The van der Waals surface area contributed by atoms with E-state index >= 15 is 0 Å². The molecule has 1 aromatic carbocycles. The highest BCUT2D eigenvalue weighted by molar-refractivity contribution is 5.98. The van der Waals surface area contributed by atoms with E-state index in [1.807, 2.05) is 37.3 Å². The number of rotatable bonds is 22. The molecule has 300 valence electrons. The molecule has 0 aliphatic carbocycles. The molecule has 1 saturated heterocycles. The number of amides is 6. The standard InChI is InChI=1S/C38H58N6O10/c1-7-24(6)33(42-29(45)16-15-25-13-9-8-10-14-25)37(52)43-32(23(4)5)36(51)40-26(20-30(46)44-17-11-12-18-44)34(49)39-27(21-31(47)48)35(50)41-28(38(53)54)19-22(2)3/h8-10,13-14,22-24,26-28,32-33H,7,11-12,15-21H2,1-6H3,(H,39,49)(H,40,51)(H,41,50)(H,42,45)(H,43,52)(H,47,48)(H,53,54)/t24?,26-,27-,28-,32-,33-/m0/s1. The molecule has 16 nitrogen and oxygen atoms in total. The summed E-state index contributed by atoms with van der Waals surface area (Å²) in [6.07, 6.45) is 1.22. The molecule has 54 heavy (non-hydrogen) atoms. The molecular weight excluding hydrogens is 700 g/mol. The number of carboxylic acid groups (broad SMARTS) is 2. The Labute approximate surface area is 316 Å². The lowest BCUT2D eigenvalue weighted by Crippen LogP contribution is -2.61. The minimum atomic E-state index is -1.74. The van der Waals surface area contributed by atoms with E-state index in [9.17, 15) is 48.6 Å². The van der Waals surface area contributed by atoms with Crippen LogP contribution in [0, 0.1) is 17.8 Å². The van der Waals surface area contributed by atoms with Crippen molar-refractivity contribution in [3.05, 3.63) is 35.9 Å².